The zero-order chi connectivity index (χ0) is 18.4. The molecule has 1 atom stereocenters. The van der Waals surface area contributed by atoms with Gasteiger partial charge in [0, 0.05) is 31.5 Å². The fourth-order valence-electron chi connectivity index (χ4n) is 3.95. The van der Waals surface area contributed by atoms with Crippen molar-refractivity contribution in [2.24, 2.45) is 5.92 Å². The molecular formula is C21H23N3O3. The normalized spacial score (nSPS) is 19.8. The molecule has 6 nitrogen and oxygen atoms in total. The Balaban J connectivity index is 1.53. The van der Waals surface area contributed by atoms with Gasteiger partial charge in [0.05, 0.1) is 17.1 Å². The number of carbonyl (C=O) groups is 1. The summed E-state index contributed by atoms with van der Waals surface area (Å²) in [5.41, 5.74) is 3.04. The van der Waals surface area contributed by atoms with Crippen molar-refractivity contribution in [3.05, 3.63) is 52.4 Å². The van der Waals surface area contributed by atoms with Crippen molar-refractivity contribution < 1.29 is 9.53 Å². The lowest BCUT2D eigenvalue weighted by Crippen LogP contribution is -2.32. The maximum Gasteiger partial charge on any atom is 0.275 e. The Labute approximate surface area is 156 Å². The minimum atomic E-state index is -0.120. The number of aromatic nitrogens is 2. The molecule has 1 saturated heterocycles. The molecule has 0 radical (unpaired) electrons. The van der Waals surface area contributed by atoms with E-state index in [1.807, 2.05) is 45.5 Å². The summed E-state index contributed by atoms with van der Waals surface area (Å²) in [6.07, 6.45) is 6.39. The second kappa shape index (κ2) is 6.53. The molecule has 1 aliphatic carbocycles. The Morgan fingerprint density at radius 3 is 2.81 bits per heavy atom. The van der Waals surface area contributed by atoms with Crippen LogP contribution >= 0.6 is 0 Å². The molecule has 5 rings (SSSR count). The van der Waals surface area contributed by atoms with Crippen LogP contribution in [0.3, 0.4) is 0 Å². The summed E-state index contributed by atoms with van der Waals surface area (Å²) in [6.45, 7) is 2.03. The third-order valence-corrected chi connectivity index (χ3v) is 5.65. The highest BCUT2D eigenvalue weighted by molar-refractivity contribution is 5.97. The van der Waals surface area contributed by atoms with Crippen molar-refractivity contribution in [1.82, 2.24) is 14.3 Å². The number of hydrogen-bond donors (Lipinski definition) is 1. The third kappa shape index (κ3) is 3.04. The molecule has 1 aliphatic heterocycles. The second-order valence-electron chi connectivity index (χ2n) is 7.67. The molecule has 0 bridgehead atoms. The molecular weight excluding hydrogens is 342 g/mol. The van der Waals surface area contributed by atoms with E-state index in [2.05, 4.69) is 5.32 Å². The summed E-state index contributed by atoms with van der Waals surface area (Å²) >= 11 is 0. The Morgan fingerprint density at radius 1 is 1.15 bits per heavy atom. The monoisotopic (exact) mass is 365 g/mol. The molecule has 6 heteroatoms. The summed E-state index contributed by atoms with van der Waals surface area (Å²) in [6, 6.07) is 9.36. The predicted octanol–water partition coefficient (Wildman–Crippen LogP) is 2.57. The van der Waals surface area contributed by atoms with Gasteiger partial charge in [-0.2, -0.15) is 0 Å². The van der Waals surface area contributed by atoms with Crippen molar-refractivity contribution in [3.63, 3.8) is 0 Å². The first-order chi connectivity index (χ1) is 13.2. The average Bonchev–Trinajstić information content (AvgIpc) is 3.14. The van der Waals surface area contributed by atoms with E-state index in [1.54, 1.807) is 0 Å². The van der Waals surface area contributed by atoms with E-state index >= 15 is 0 Å². The van der Waals surface area contributed by atoms with Crippen LogP contribution in [0.25, 0.3) is 16.6 Å². The van der Waals surface area contributed by atoms with Crippen LogP contribution in [0.2, 0.25) is 0 Å². The van der Waals surface area contributed by atoms with Gasteiger partial charge in [-0.1, -0.05) is 0 Å². The SMILES string of the molecule is O=C(NCC1CCCO1)c1ccc2c(c1)n(CC1CC1)c(=O)c1cccn12. The Morgan fingerprint density at radius 2 is 2.04 bits per heavy atom. The van der Waals surface area contributed by atoms with Crippen molar-refractivity contribution in [3.8, 4) is 0 Å². The van der Waals surface area contributed by atoms with Crippen molar-refractivity contribution in [2.75, 3.05) is 13.2 Å². The number of nitrogens with zero attached hydrogens (tertiary/aromatic N) is 2. The van der Waals surface area contributed by atoms with Crippen molar-refractivity contribution in [2.45, 2.75) is 38.3 Å². The molecule has 140 valence electrons. The summed E-state index contributed by atoms with van der Waals surface area (Å²) in [5, 5.41) is 2.97. The molecule has 2 aromatic heterocycles. The van der Waals surface area contributed by atoms with E-state index in [1.165, 1.54) is 12.8 Å². The number of nitrogens with one attached hydrogen (secondary N) is 1. The van der Waals surface area contributed by atoms with E-state index in [4.69, 9.17) is 4.74 Å². The lowest BCUT2D eigenvalue weighted by Gasteiger charge is -2.14. The zero-order valence-corrected chi connectivity index (χ0v) is 15.2. The summed E-state index contributed by atoms with van der Waals surface area (Å²) in [7, 11) is 0. The van der Waals surface area contributed by atoms with Gasteiger partial charge in [-0.25, -0.2) is 0 Å². The Bertz CT molecular complexity index is 1070. The molecule has 1 unspecified atom stereocenters. The van der Waals surface area contributed by atoms with Crippen LogP contribution in [0.15, 0.2) is 41.3 Å². The van der Waals surface area contributed by atoms with Gasteiger partial charge in [-0.15, -0.1) is 0 Å². The van der Waals surface area contributed by atoms with Crippen molar-refractivity contribution >= 4 is 22.5 Å². The summed E-state index contributed by atoms with van der Waals surface area (Å²) < 4.78 is 9.33. The lowest BCUT2D eigenvalue weighted by molar-refractivity contribution is 0.0858. The van der Waals surface area contributed by atoms with Crippen molar-refractivity contribution in [1.29, 1.82) is 0 Å². The molecule has 2 fully saturated rings. The molecule has 1 amide bonds. The average molecular weight is 365 g/mol. The smallest absolute Gasteiger partial charge is 0.275 e. The zero-order valence-electron chi connectivity index (χ0n) is 15.2. The van der Waals surface area contributed by atoms with Crippen LogP contribution in [-0.2, 0) is 11.3 Å². The van der Waals surface area contributed by atoms with E-state index in [9.17, 15) is 9.59 Å². The first kappa shape index (κ1) is 16.6. The van der Waals surface area contributed by atoms with E-state index < -0.39 is 0 Å². The van der Waals surface area contributed by atoms with Gasteiger partial charge in [0.2, 0.25) is 0 Å². The number of fused-ring (bicyclic) bond motifs is 3. The summed E-state index contributed by atoms with van der Waals surface area (Å²) in [4.78, 5) is 25.6. The third-order valence-electron chi connectivity index (χ3n) is 5.65. The molecule has 2 aliphatic rings. The first-order valence-electron chi connectivity index (χ1n) is 9.74. The standard InChI is InChI=1S/C21H23N3O3/c25-20(22-12-16-3-2-10-27-16)15-7-8-17-19(11-15)24(13-14-5-6-14)21(26)18-4-1-9-23(17)18/h1,4,7-9,11,14,16H,2-3,5-6,10,12-13H2,(H,22,25). The number of carbonyl (C=O) groups excluding carboxylic acids is 1. The number of amides is 1. The van der Waals surface area contributed by atoms with Crippen LogP contribution in [0.1, 0.15) is 36.0 Å². The Hall–Kier alpha value is -2.60. The molecule has 1 N–H and O–H groups in total. The molecule has 3 aromatic rings. The van der Waals surface area contributed by atoms with Gasteiger partial charge in [0.1, 0.15) is 5.52 Å². The van der Waals surface area contributed by atoms with Gasteiger partial charge in [0.25, 0.3) is 11.5 Å². The lowest BCUT2D eigenvalue weighted by atomic mass is 10.1. The van der Waals surface area contributed by atoms with Crippen LogP contribution in [-0.4, -0.2) is 34.1 Å². The quantitative estimate of drug-likeness (QED) is 0.756. The highest BCUT2D eigenvalue weighted by Gasteiger charge is 2.24. The van der Waals surface area contributed by atoms with E-state index in [0.717, 1.165) is 37.0 Å². The highest BCUT2D eigenvalue weighted by Crippen LogP contribution is 2.31. The van der Waals surface area contributed by atoms with Gasteiger partial charge in [0.15, 0.2) is 0 Å². The van der Waals surface area contributed by atoms with Gasteiger partial charge < -0.3 is 19.0 Å². The molecule has 1 saturated carbocycles. The van der Waals surface area contributed by atoms with Crippen LogP contribution < -0.4 is 10.9 Å². The number of hydrogen-bond acceptors (Lipinski definition) is 3. The molecule has 0 spiro atoms. The number of rotatable bonds is 5. The number of ether oxygens (including phenoxy) is 1. The molecule has 27 heavy (non-hydrogen) atoms. The summed E-state index contributed by atoms with van der Waals surface area (Å²) in [5.74, 6) is 0.450. The minimum absolute atomic E-state index is 0.0105. The Kier molecular flexibility index (Phi) is 4.01. The fraction of sp³-hybridized carbons (Fsp3) is 0.429. The second-order valence-corrected chi connectivity index (χ2v) is 7.67. The fourth-order valence-corrected chi connectivity index (χ4v) is 3.95. The van der Waals surface area contributed by atoms with Crippen LogP contribution in [0.5, 0.6) is 0 Å². The largest absolute Gasteiger partial charge is 0.376 e. The highest BCUT2D eigenvalue weighted by atomic mass is 16.5. The maximum atomic E-state index is 13.0. The van der Waals surface area contributed by atoms with Gasteiger partial charge in [-0.05, 0) is 61.9 Å². The van der Waals surface area contributed by atoms with E-state index in [-0.39, 0.29) is 17.6 Å². The predicted molar refractivity (Wildman–Crippen MR) is 103 cm³/mol. The van der Waals surface area contributed by atoms with Gasteiger partial charge in [-0.3, -0.25) is 9.59 Å². The van der Waals surface area contributed by atoms with Crippen LogP contribution in [0.4, 0.5) is 0 Å². The van der Waals surface area contributed by atoms with E-state index in [0.29, 0.717) is 23.5 Å². The van der Waals surface area contributed by atoms with Gasteiger partial charge >= 0.3 is 0 Å². The minimum Gasteiger partial charge on any atom is -0.376 e. The maximum absolute atomic E-state index is 13.0. The molecule has 1 aromatic carbocycles. The topological polar surface area (TPSA) is 64.7 Å². The first-order valence-corrected chi connectivity index (χ1v) is 9.74. The van der Waals surface area contributed by atoms with Crippen LogP contribution in [0, 0.1) is 5.92 Å². The number of benzene rings is 1. The molecule has 3 heterocycles.